The van der Waals surface area contributed by atoms with Crippen LogP contribution in [-0.2, 0) is 6.61 Å². The van der Waals surface area contributed by atoms with E-state index in [1.807, 2.05) is 30.3 Å². The minimum atomic E-state index is -5.07. The molecule has 0 radical (unpaired) electrons. The van der Waals surface area contributed by atoms with Gasteiger partial charge in [-0.15, -0.1) is 0 Å². The van der Waals surface area contributed by atoms with E-state index in [9.17, 15) is 12.9 Å². The van der Waals surface area contributed by atoms with Gasteiger partial charge in [0, 0.05) is 0 Å². The topological polar surface area (TPSA) is 9.23 Å². The van der Waals surface area contributed by atoms with Crippen LogP contribution in [0.15, 0.2) is 48.5 Å². The Hall–Kier alpha value is -1.91. The molecule has 0 heterocycles. The van der Waals surface area contributed by atoms with E-state index < -0.39 is 12.4 Å². The molecule has 1 nitrogen and oxygen atoms in total. The Morgan fingerprint density at radius 1 is 1.00 bits per heavy atom. The van der Waals surface area contributed by atoms with Gasteiger partial charge in [-0.1, -0.05) is 53.5 Å². The quantitative estimate of drug-likeness (QED) is 0.767. The van der Waals surface area contributed by atoms with Crippen molar-refractivity contribution >= 4 is 12.4 Å². The predicted octanol–water partition coefficient (Wildman–Crippen LogP) is 3.63. The first-order chi connectivity index (χ1) is 8.97. The predicted molar refractivity (Wildman–Crippen MR) is 70.7 cm³/mol. The van der Waals surface area contributed by atoms with Crippen molar-refractivity contribution in [3.8, 4) is 5.75 Å². The van der Waals surface area contributed by atoms with Gasteiger partial charge in [-0.2, -0.15) is 0 Å². The molecule has 19 heavy (non-hydrogen) atoms. The molecule has 0 unspecified atom stereocenters. The summed E-state index contributed by atoms with van der Waals surface area (Å²) < 4.78 is 44.1. The molecule has 2 aromatic rings. The highest BCUT2D eigenvalue weighted by Gasteiger charge is 2.29. The van der Waals surface area contributed by atoms with Crippen molar-refractivity contribution in [3.63, 3.8) is 0 Å². The van der Waals surface area contributed by atoms with E-state index in [4.69, 9.17) is 4.74 Å². The first-order valence-corrected chi connectivity index (χ1v) is 5.94. The normalized spacial score (nSPS) is 11.4. The van der Waals surface area contributed by atoms with Crippen molar-refractivity contribution in [2.75, 3.05) is 0 Å². The van der Waals surface area contributed by atoms with Gasteiger partial charge in [-0.05, 0) is 18.6 Å². The summed E-state index contributed by atoms with van der Waals surface area (Å²) in [6.07, 6.45) is 0. The van der Waals surface area contributed by atoms with Crippen LogP contribution in [0, 0.1) is 6.92 Å². The molecule has 0 aliphatic carbocycles. The largest absolute Gasteiger partial charge is 0.513 e. The third-order valence-electron chi connectivity index (χ3n) is 2.76. The maximum atomic E-state index is 12.9. The Balaban J connectivity index is 2.21. The maximum absolute atomic E-state index is 12.9. The van der Waals surface area contributed by atoms with Gasteiger partial charge in [0.05, 0.1) is 5.75 Å². The fraction of sp³-hybridized carbons (Fsp3) is 0.143. The molecule has 0 N–H and O–H groups in total. The molecule has 100 valence electrons. The molecule has 0 amide bonds. The number of ether oxygens (including phenoxy) is 1. The van der Waals surface area contributed by atoms with Crippen molar-refractivity contribution in [1.29, 1.82) is 0 Å². The van der Waals surface area contributed by atoms with E-state index in [1.165, 1.54) is 6.07 Å². The van der Waals surface area contributed by atoms with Crippen molar-refractivity contribution < 1.29 is 17.7 Å². The average molecular weight is 265 g/mol. The Morgan fingerprint density at radius 3 is 2.32 bits per heavy atom. The van der Waals surface area contributed by atoms with Crippen molar-refractivity contribution in [2.45, 2.75) is 13.5 Å². The summed E-state index contributed by atoms with van der Waals surface area (Å²) >= 11 is 0. The Labute approximate surface area is 110 Å². The molecule has 0 aromatic heterocycles. The number of hydrogen-bond donors (Lipinski definition) is 0. The van der Waals surface area contributed by atoms with Crippen LogP contribution in [0.5, 0.6) is 5.75 Å². The second-order valence-corrected chi connectivity index (χ2v) is 4.39. The van der Waals surface area contributed by atoms with Crippen molar-refractivity contribution in [1.82, 2.24) is 0 Å². The number of aryl methyl sites for hydroxylation is 1. The van der Waals surface area contributed by atoms with Gasteiger partial charge in [0.25, 0.3) is 0 Å². The van der Waals surface area contributed by atoms with E-state index in [0.29, 0.717) is 5.56 Å². The molecular formula is C14H13BF3O-. The second-order valence-electron chi connectivity index (χ2n) is 4.39. The summed E-state index contributed by atoms with van der Waals surface area (Å²) in [4.78, 5) is 0. The first kappa shape index (κ1) is 13.5. The maximum Gasteiger partial charge on any atom is 0.513 e. The minimum Gasteiger partial charge on any atom is -0.492 e. The van der Waals surface area contributed by atoms with E-state index in [0.717, 1.165) is 11.6 Å². The number of halogens is 3. The molecule has 0 aliphatic heterocycles. The molecule has 0 saturated carbocycles. The zero-order valence-corrected chi connectivity index (χ0v) is 10.4. The Bertz CT molecular complexity index is 552. The zero-order valence-electron chi connectivity index (χ0n) is 10.4. The van der Waals surface area contributed by atoms with Crippen LogP contribution < -0.4 is 10.2 Å². The molecule has 5 heteroatoms. The Kier molecular flexibility index (Phi) is 3.83. The molecule has 2 aromatic carbocycles. The monoisotopic (exact) mass is 265 g/mol. The van der Waals surface area contributed by atoms with Gasteiger partial charge in [-0.3, -0.25) is 0 Å². The van der Waals surface area contributed by atoms with Crippen LogP contribution in [0.2, 0.25) is 0 Å². The lowest BCUT2D eigenvalue weighted by Crippen LogP contribution is -2.35. The van der Waals surface area contributed by atoms with Gasteiger partial charge < -0.3 is 17.7 Å². The molecule has 0 spiro atoms. The van der Waals surface area contributed by atoms with E-state index in [-0.39, 0.29) is 12.4 Å². The van der Waals surface area contributed by atoms with Crippen molar-refractivity contribution in [3.05, 3.63) is 59.7 Å². The summed E-state index contributed by atoms with van der Waals surface area (Å²) in [5.74, 6) is -0.109. The fourth-order valence-electron chi connectivity index (χ4n) is 1.79. The smallest absolute Gasteiger partial charge is 0.492 e. The number of rotatable bonds is 4. The molecule has 0 saturated heterocycles. The molecule has 0 aliphatic rings. The van der Waals surface area contributed by atoms with Crippen LogP contribution in [0.3, 0.4) is 0 Å². The average Bonchev–Trinajstić information content (AvgIpc) is 2.37. The third kappa shape index (κ3) is 3.53. The standard InChI is InChI=1S/C14H13BF3O/c1-11-7-8-14(13(9-11)15(16,17)18)19-10-12-5-3-2-4-6-12/h2-9H,10H2,1H3/q-1. The molecule has 0 fully saturated rings. The first-order valence-electron chi connectivity index (χ1n) is 5.94. The summed E-state index contributed by atoms with van der Waals surface area (Å²) in [7, 11) is 0. The van der Waals surface area contributed by atoms with Crippen LogP contribution >= 0.6 is 0 Å². The highest BCUT2D eigenvalue weighted by molar-refractivity contribution is 6.74. The summed E-state index contributed by atoms with van der Waals surface area (Å²) in [6.45, 7) is -3.31. The Morgan fingerprint density at radius 2 is 1.68 bits per heavy atom. The summed E-state index contributed by atoms with van der Waals surface area (Å²) in [5, 5.41) is 0. The molecule has 2 rings (SSSR count). The molecular weight excluding hydrogens is 252 g/mol. The van der Waals surface area contributed by atoms with E-state index >= 15 is 0 Å². The lowest BCUT2D eigenvalue weighted by molar-refractivity contribution is 0.307. The van der Waals surface area contributed by atoms with Crippen LogP contribution in [-0.4, -0.2) is 6.98 Å². The van der Waals surface area contributed by atoms with Crippen LogP contribution in [0.4, 0.5) is 12.9 Å². The summed E-state index contributed by atoms with van der Waals surface area (Å²) in [5.41, 5.74) is 0.737. The SMILES string of the molecule is Cc1ccc(OCc2ccccc2)c([B-](F)(F)F)c1. The van der Waals surface area contributed by atoms with E-state index in [2.05, 4.69) is 0 Å². The lowest BCUT2D eigenvalue weighted by Gasteiger charge is -2.20. The fourth-order valence-corrected chi connectivity index (χ4v) is 1.79. The lowest BCUT2D eigenvalue weighted by atomic mass is 9.78. The van der Waals surface area contributed by atoms with Gasteiger partial charge in [-0.25, -0.2) is 0 Å². The van der Waals surface area contributed by atoms with Gasteiger partial charge in [0.15, 0.2) is 0 Å². The second kappa shape index (κ2) is 5.39. The summed E-state index contributed by atoms with van der Waals surface area (Å²) in [6, 6.07) is 13.2. The highest BCUT2D eigenvalue weighted by atomic mass is 19.4. The van der Waals surface area contributed by atoms with Crippen LogP contribution in [0.25, 0.3) is 0 Å². The molecule has 0 atom stereocenters. The zero-order chi connectivity index (χ0) is 13.9. The number of benzene rings is 2. The third-order valence-corrected chi connectivity index (χ3v) is 2.76. The van der Waals surface area contributed by atoms with Gasteiger partial charge >= 0.3 is 6.98 Å². The minimum absolute atomic E-state index is 0.109. The van der Waals surface area contributed by atoms with E-state index in [1.54, 1.807) is 13.0 Å². The molecule has 0 bridgehead atoms. The van der Waals surface area contributed by atoms with Crippen molar-refractivity contribution in [2.24, 2.45) is 0 Å². The van der Waals surface area contributed by atoms with Gasteiger partial charge in [0.1, 0.15) is 6.61 Å². The van der Waals surface area contributed by atoms with Gasteiger partial charge in [0.2, 0.25) is 0 Å². The number of hydrogen-bond acceptors (Lipinski definition) is 1. The highest BCUT2D eigenvalue weighted by Crippen LogP contribution is 2.20. The van der Waals surface area contributed by atoms with Crippen LogP contribution in [0.1, 0.15) is 11.1 Å².